The number of benzene rings is 2. The number of halogens is 4. The minimum Gasteiger partial charge on any atom is -0.444 e. The smallest absolute Gasteiger partial charge is 0.444 e. The van der Waals surface area contributed by atoms with Gasteiger partial charge < -0.3 is 19.4 Å². The van der Waals surface area contributed by atoms with E-state index in [1.54, 1.807) is 24.3 Å². The molecule has 0 bridgehead atoms. The van der Waals surface area contributed by atoms with Crippen LogP contribution in [0.2, 0.25) is 0 Å². The summed E-state index contributed by atoms with van der Waals surface area (Å²) >= 11 is 3.13. The zero-order valence-electron chi connectivity index (χ0n) is 16.1. The summed E-state index contributed by atoms with van der Waals surface area (Å²) in [4.78, 5) is 26.7. The van der Waals surface area contributed by atoms with Gasteiger partial charge in [0, 0.05) is 19.2 Å². The Hall–Kier alpha value is -3.27. The van der Waals surface area contributed by atoms with Crippen molar-refractivity contribution in [3.63, 3.8) is 0 Å². The Bertz CT molecular complexity index is 1100. The fraction of sp³-hybridized carbons (Fsp3) is 0.143. The van der Waals surface area contributed by atoms with E-state index in [-0.39, 0.29) is 23.4 Å². The molecule has 0 radical (unpaired) electrons. The lowest BCUT2D eigenvalue weighted by atomic mass is 10.1. The van der Waals surface area contributed by atoms with Gasteiger partial charge in [0.2, 0.25) is 0 Å². The molecule has 2 amide bonds. The number of furan rings is 1. The number of nitrogens with zero attached hydrogens (tertiary/aromatic N) is 1. The lowest BCUT2D eigenvalue weighted by Crippen LogP contribution is -2.30. The van der Waals surface area contributed by atoms with Crippen molar-refractivity contribution >= 4 is 33.4 Å². The lowest BCUT2D eigenvalue weighted by Gasteiger charge is -2.19. The van der Waals surface area contributed by atoms with E-state index in [1.165, 1.54) is 42.3 Å². The zero-order valence-corrected chi connectivity index (χ0v) is 17.7. The second-order valence-corrected chi connectivity index (χ2v) is 7.10. The lowest BCUT2D eigenvalue weighted by molar-refractivity contribution is -0.274. The summed E-state index contributed by atoms with van der Waals surface area (Å²) in [6, 6.07) is 14.9. The third-order valence-corrected chi connectivity index (χ3v) is 4.66. The summed E-state index contributed by atoms with van der Waals surface area (Å²) in [5.41, 5.74) is 0.617. The Morgan fingerprint density at radius 2 is 1.74 bits per heavy atom. The number of nitrogens with one attached hydrogen (secondary N) is 1. The molecule has 31 heavy (non-hydrogen) atoms. The van der Waals surface area contributed by atoms with Gasteiger partial charge in [-0.05, 0) is 46.3 Å². The van der Waals surface area contributed by atoms with E-state index in [4.69, 9.17) is 4.42 Å². The van der Waals surface area contributed by atoms with Gasteiger partial charge in [-0.15, -0.1) is 13.2 Å². The van der Waals surface area contributed by atoms with Crippen molar-refractivity contribution in [2.24, 2.45) is 0 Å². The average molecular weight is 497 g/mol. The molecule has 1 aromatic heterocycles. The molecule has 0 aliphatic carbocycles. The van der Waals surface area contributed by atoms with Crippen LogP contribution in [-0.2, 0) is 6.54 Å². The predicted molar refractivity (Wildman–Crippen MR) is 110 cm³/mol. The summed E-state index contributed by atoms with van der Waals surface area (Å²) in [5.74, 6) is -1.38. The highest BCUT2D eigenvalue weighted by Gasteiger charge is 2.32. The van der Waals surface area contributed by atoms with Crippen molar-refractivity contribution in [1.29, 1.82) is 0 Å². The van der Waals surface area contributed by atoms with Crippen LogP contribution in [0.4, 0.5) is 18.9 Å². The van der Waals surface area contributed by atoms with Crippen LogP contribution < -0.4 is 15.0 Å². The number of anilines is 1. The topological polar surface area (TPSA) is 71.8 Å². The maximum absolute atomic E-state index is 12.8. The molecule has 3 aromatic rings. The number of carbonyl (C=O) groups is 2. The fourth-order valence-electron chi connectivity index (χ4n) is 2.81. The van der Waals surface area contributed by atoms with Crippen LogP contribution >= 0.6 is 15.9 Å². The molecule has 0 atom stereocenters. The molecule has 162 valence electrons. The van der Waals surface area contributed by atoms with E-state index >= 15 is 0 Å². The van der Waals surface area contributed by atoms with Gasteiger partial charge in [-0.3, -0.25) is 9.59 Å². The molecule has 2 aromatic carbocycles. The zero-order chi connectivity index (χ0) is 22.6. The number of ether oxygens (including phenoxy) is 1. The molecule has 1 heterocycles. The third kappa shape index (κ3) is 5.66. The van der Waals surface area contributed by atoms with E-state index in [0.717, 1.165) is 6.07 Å². The molecule has 6 nitrogen and oxygen atoms in total. The van der Waals surface area contributed by atoms with E-state index in [2.05, 4.69) is 26.0 Å². The van der Waals surface area contributed by atoms with Crippen LogP contribution in [0.25, 0.3) is 0 Å². The summed E-state index contributed by atoms with van der Waals surface area (Å²) in [7, 11) is 1.48. The van der Waals surface area contributed by atoms with Crippen molar-refractivity contribution in [2.75, 3.05) is 11.9 Å². The first-order valence-corrected chi connectivity index (χ1v) is 9.69. The van der Waals surface area contributed by atoms with Gasteiger partial charge in [-0.25, -0.2) is 0 Å². The maximum atomic E-state index is 12.8. The number of alkyl halides is 3. The Morgan fingerprint density at radius 3 is 2.42 bits per heavy atom. The minimum absolute atomic E-state index is 0.0720. The summed E-state index contributed by atoms with van der Waals surface area (Å²) in [6.45, 7) is -0.206. The summed E-state index contributed by atoms with van der Waals surface area (Å²) in [5, 5.41) is 2.56. The monoisotopic (exact) mass is 496 g/mol. The van der Waals surface area contributed by atoms with Crippen molar-refractivity contribution in [3.05, 3.63) is 82.2 Å². The van der Waals surface area contributed by atoms with Crippen molar-refractivity contribution in [3.8, 4) is 5.75 Å². The number of carbonyl (C=O) groups excluding carboxylic acids is 2. The number of amides is 2. The van der Waals surface area contributed by atoms with Gasteiger partial charge in [0.1, 0.15) is 5.75 Å². The molecule has 3 rings (SSSR count). The van der Waals surface area contributed by atoms with Gasteiger partial charge in [0.15, 0.2) is 10.4 Å². The average Bonchev–Trinajstić information content (AvgIpc) is 3.17. The van der Waals surface area contributed by atoms with Gasteiger partial charge >= 0.3 is 6.36 Å². The number of rotatable bonds is 6. The van der Waals surface area contributed by atoms with Crippen molar-refractivity contribution in [1.82, 2.24) is 5.32 Å². The van der Waals surface area contributed by atoms with Crippen LogP contribution in [0.3, 0.4) is 0 Å². The highest BCUT2D eigenvalue weighted by atomic mass is 79.9. The number of para-hydroxylation sites is 2. The first-order chi connectivity index (χ1) is 14.7. The summed E-state index contributed by atoms with van der Waals surface area (Å²) in [6.07, 6.45) is -4.85. The predicted octanol–water partition coefficient (Wildman–Crippen LogP) is 5.15. The molecule has 0 aliphatic rings. The van der Waals surface area contributed by atoms with Gasteiger partial charge in [-0.1, -0.05) is 30.3 Å². The molecule has 1 N–H and O–H groups in total. The van der Waals surface area contributed by atoms with Crippen molar-refractivity contribution < 1.29 is 31.9 Å². The maximum Gasteiger partial charge on any atom is 0.573 e. The van der Waals surface area contributed by atoms with Crippen LogP contribution in [0.1, 0.15) is 26.5 Å². The number of hydrogen-bond donors (Lipinski definition) is 1. The molecule has 0 aliphatic heterocycles. The SMILES string of the molecule is CN(C(=O)c1ccc(Br)o1)c1ccccc1C(=O)NCc1ccccc1OC(F)(F)F. The molecular weight excluding hydrogens is 481 g/mol. The van der Waals surface area contributed by atoms with Gasteiger partial charge in [-0.2, -0.15) is 0 Å². The molecule has 0 unspecified atom stereocenters. The Morgan fingerprint density at radius 1 is 1.06 bits per heavy atom. The van der Waals surface area contributed by atoms with Crippen LogP contribution in [0.5, 0.6) is 5.75 Å². The molecule has 0 saturated carbocycles. The normalized spacial score (nSPS) is 11.1. The number of hydrogen-bond acceptors (Lipinski definition) is 4. The molecule has 0 spiro atoms. The van der Waals surface area contributed by atoms with E-state index in [9.17, 15) is 22.8 Å². The first-order valence-electron chi connectivity index (χ1n) is 8.90. The van der Waals surface area contributed by atoms with Crippen LogP contribution in [0, 0.1) is 0 Å². The Balaban J connectivity index is 1.78. The second-order valence-electron chi connectivity index (χ2n) is 6.32. The molecule has 0 fully saturated rings. The van der Waals surface area contributed by atoms with E-state index < -0.39 is 23.9 Å². The van der Waals surface area contributed by atoms with E-state index in [0.29, 0.717) is 10.4 Å². The highest BCUT2D eigenvalue weighted by molar-refractivity contribution is 9.10. The van der Waals surface area contributed by atoms with Gasteiger partial charge in [0.25, 0.3) is 11.8 Å². The van der Waals surface area contributed by atoms with Crippen LogP contribution in [-0.4, -0.2) is 25.2 Å². The Kier molecular flexibility index (Phi) is 6.69. The summed E-state index contributed by atoms with van der Waals surface area (Å²) < 4.78 is 47.4. The van der Waals surface area contributed by atoms with Gasteiger partial charge in [0.05, 0.1) is 11.3 Å². The minimum atomic E-state index is -4.85. The van der Waals surface area contributed by atoms with E-state index in [1.807, 2.05) is 0 Å². The third-order valence-electron chi connectivity index (χ3n) is 4.24. The Labute approximate surface area is 183 Å². The van der Waals surface area contributed by atoms with Crippen molar-refractivity contribution in [2.45, 2.75) is 12.9 Å². The molecule has 10 heteroatoms. The van der Waals surface area contributed by atoms with Crippen LogP contribution in [0.15, 0.2) is 69.8 Å². The highest BCUT2D eigenvalue weighted by Crippen LogP contribution is 2.27. The largest absolute Gasteiger partial charge is 0.573 e. The standard InChI is InChI=1S/C21H16BrF3N2O4/c1-27(20(29)17-10-11-18(22)30-17)15-8-4-3-7-14(15)19(28)26-12-13-6-2-5-9-16(13)31-21(23,24)25/h2-11H,12H2,1H3,(H,26,28). The molecular formula is C21H16BrF3N2O4. The fourth-order valence-corrected chi connectivity index (χ4v) is 3.11. The second kappa shape index (κ2) is 9.25. The first kappa shape index (κ1) is 22.4. The molecule has 0 saturated heterocycles. The quantitative estimate of drug-likeness (QED) is 0.512.